The van der Waals surface area contributed by atoms with Crippen LogP contribution in [0.15, 0.2) is 18.2 Å². The molecule has 0 radical (unpaired) electrons. The van der Waals surface area contributed by atoms with Crippen molar-refractivity contribution in [2.75, 3.05) is 0 Å². The summed E-state index contributed by atoms with van der Waals surface area (Å²) in [4.78, 5) is 36.3. The van der Waals surface area contributed by atoms with E-state index in [2.05, 4.69) is 15.4 Å². The lowest BCUT2D eigenvalue weighted by atomic mass is 10.1. The van der Waals surface area contributed by atoms with E-state index in [0.29, 0.717) is 13.1 Å². The summed E-state index contributed by atoms with van der Waals surface area (Å²) in [5.41, 5.74) is 1.63. The number of hydrogen-bond acceptors (Lipinski definition) is 4. The van der Waals surface area contributed by atoms with Crippen LogP contribution in [-0.4, -0.2) is 35.4 Å². The molecule has 24 heavy (non-hydrogen) atoms. The van der Waals surface area contributed by atoms with Gasteiger partial charge in [-0.2, -0.15) is 8.78 Å². The molecule has 0 spiro atoms. The fourth-order valence-corrected chi connectivity index (χ4v) is 2.81. The number of urea groups is 1. The van der Waals surface area contributed by atoms with Gasteiger partial charge in [-0.1, -0.05) is 6.07 Å². The molecule has 4 amide bonds. The first-order valence-corrected chi connectivity index (χ1v) is 7.38. The molecule has 2 N–H and O–H groups in total. The second-order valence-electron chi connectivity index (χ2n) is 5.61. The van der Waals surface area contributed by atoms with Crippen LogP contribution in [0, 0.1) is 0 Å². The number of nitrogens with one attached hydrogen (secondary N) is 2. The number of carbonyl (C=O) groups is 3. The van der Waals surface area contributed by atoms with Crippen LogP contribution in [0.1, 0.15) is 24.0 Å². The number of fused-ring (bicyclic) bond motifs is 1. The molecule has 1 aromatic carbocycles. The first-order valence-electron chi connectivity index (χ1n) is 7.38. The van der Waals surface area contributed by atoms with Crippen molar-refractivity contribution in [3.63, 3.8) is 0 Å². The number of benzene rings is 1. The highest BCUT2D eigenvalue weighted by molar-refractivity contribution is 6.04. The van der Waals surface area contributed by atoms with Gasteiger partial charge in [0.15, 0.2) is 0 Å². The lowest BCUT2D eigenvalue weighted by molar-refractivity contribution is -0.132. The Morgan fingerprint density at radius 1 is 1.29 bits per heavy atom. The zero-order valence-corrected chi connectivity index (χ0v) is 12.6. The zero-order chi connectivity index (χ0) is 17.3. The molecule has 9 heteroatoms. The normalized spacial score (nSPS) is 19.3. The molecule has 2 aliphatic rings. The van der Waals surface area contributed by atoms with Crippen molar-refractivity contribution in [2.45, 2.75) is 38.6 Å². The largest absolute Gasteiger partial charge is 0.435 e. The van der Waals surface area contributed by atoms with E-state index in [1.165, 1.54) is 12.1 Å². The van der Waals surface area contributed by atoms with Gasteiger partial charge in [-0.3, -0.25) is 14.9 Å². The number of ether oxygens (including phenoxy) is 1. The van der Waals surface area contributed by atoms with Crippen LogP contribution >= 0.6 is 0 Å². The lowest BCUT2D eigenvalue weighted by Gasteiger charge is -2.16. The third-order valence-corrected chi connectivity index (χ3v) is 3.98. The monoisotopic (exact) mass is 339 g/mol. The second-order valence-corrected chi connectivity index (χ2v) is 5.61. The van der Waals surface area contributed by atoms with E-state index < -0.39 is 24.6 Å². The molecule has 128 valence electrons. The van der Waals surface area contributed by atoms with Crippen LogP contribution in [0.5, 0.6) is 5.75 Å². The van der Waals surface area contributed by atoms with Crippen LogP contribution in [-0.2, 0) is 22.7 Å². The van der Waals surface area contributed by atoms with Crippen LogP contribution in [0.25, 0.3) is 0 Å². The maximum atomic E-state index is 12.3. The minimum Gasteiger partial charge on any atom is -0.435 e. The molecule has 7 nitrogen and oxygen atoms in total. The van der Waals surface area contributed by atoms with Gasteiger partial charge in [0.25, 0.3) is 5.91 Å². The fourth-order valence-electron chi connectivity index (χ4n) is 2.81. The summed E-state index contributed by atoms with van der Waals surface area (Å²) in [7, 11) is 0. The zero-order valence-electron chi connectivity index (χ0n) is 12.6. The van der Waals surface area contributed by atoms with E-state index in [0.717, 1.165) is 11.1 Å². The number of carbonyl (C=O) groups excluding carboxylic acids is 3. The highest BCUT2D eigenvalue weighted by Crippen LogP contribution is 2.28. The molecule has 2 aliphatic heterocycles. The molecule has 1 atom stereocenters. The maximum Gasteiger partial charge on any atom is 0.387 e. The predicted octanol–water partition coefficient (Wildman–Crippen LogP) is 1.12. The highest BCUT2D eigenvalue weighted by Gasteiger charge is 2.31. The van der Waals surface area contributed by atoms with Gasteiger partial charge in [-0.25, -0.2) is 4.79 Å². The van der Waals surface area contributed by atoms with Crippen molar-refractivity contribution in [3.8, 4) is 5.75 Å². The van der Waals surface area contributed by atoms with Gasteiger partial charge in [0, 0.05) is 19.5 Å². The summed E-state index contributed by atoms with van der Waals surface area (Å²) in [6.45, 7) is -2.21. The fraction of sp³-hybridized carbons (Fsp3) is 0.400. The Morgan fingerprint density at radius 3 is 2.71 bits per heavy atom. The van der Waals surface area contributed by atoms with Crippen molar-refractivity contribution < 1.29 is 27.9 Å². The molecule has 2 heterocycles. The number of amides is 4. The topological polar surface area (TPSA) is 87.7 Å². The third kappa shape index (κ3) is 3.44. The lowest BCUT2D eigenvalue weighted by Crippen LogP contribution is -2.32. The number of alkyl halides is 2. The molecular weight excluding hydrogens is 324 g/mol. The van der Waals surface area contributed by atoms with Gasteiger partial charge >= 0.3 is 12.6 Å². The van der Waals surface area contributed by atoms with E-state index in [1.54, 1.807) is 11.0 Å². The number of imide groups is 1. The molecule has 1 fully saturated rings. The van der Waals surface area contributed by atoms with Crippen LogP contribution < -0.4 is 15.4 Å². The van der Waals surface area contributed by atoms with Crippen LogP contribution in [0.4, 0.5) is 13.6 Å². The van der Waals surface area contributed by atoms with Gasteiger partial charge in [0.1, 0.15) is 11.8 Å². The summed E-state index contributed by atoms with van der Waals surface area (Å²) in [6.07, 6.45) is 0.315. The van der Waals surface area contributed by atoms with Gasteiger partial charge in [-0.05, 0) is 29.7 Å². The molecule has 1 saturated heterocycles. The molecule has 1 aromatic rings. The first-order chi connectivity index (χ1) is 11.4. The Balaban J connectivity index is 1.55. The molecule has 3 rings (SSSR count). The molecule has 1 unspecified atom stereocenters. The van der Waals surface area contributed by atoms with Crippen LogP contribution in [0.3, 0.4) is 0 Å². The van der Waals surface area contributed by atoms with Crippen molar-refractivity contribution in [3.05, 3.63) is 29.3 Å². The summed E-state index contributed by atoms with van der Waals surface area (Å²) in [5, 5.41) is 4.54. The van der Waals surface area contributed by atoms with Crippen molar-refractivity contribution in [1.29, 1.82) is 0 Å². The van der Waals surface area contributed by atoms with Crippen molar-refractivity contribution in [1.82, 2.24) is 15.5 Å². The number of rotatable bonds is 5. The summed E-state index contributed by atoms with van der Waals surface area (Å²) < 4.78 is 28.8. The number of halogens is 2. The quantitative estimate of drug-likeness (QED) is 0.787. The maximum absolute atomic E-state index is 12.3. The molecule has 0 saturated carbocycles. The highest BCUT2D eigenvalue weighted by atomic mass is 19.3. The van der Waals surface area contributed by atoms with E-state index in [9.17, 15) is 23.2 Å². The molecular formula is C15H15F2N3O4. The van der Waals surface area contributed by atoms with E-state index in [-0.39, 0.29) is 24.5 Å². The van der Waals surface area contributed by atoms with E-state index >= 15 is 0 Å². The number of nitrogens with zero attached hydrogens (tertiary/aromatic N) is 1. The standard InChI is InChI=1S/C15H15F2N3O4/c16-14(17)24-10-2-1-8-6-20(7-9(8)5-10)12(21)4-3-11-13(22)19-15(23)18-11/h1-2,5,11,14H,3-4,6-7H2,(H2,18,19,22,23). The molecule has 0 aliphatic carbocycles. The Labute approximate surface area is 135 Å². The second kappa shape index (κ2) is 6.42. The predicted molar refractivity (Wildman–Crippen MR) is 77.0 cm³/mol. The molecule has 0 aromatic heterocycles. The smallest absolute Gasteiger partial charge is 0.387 e. The average Bonchev–Trinajstić information content (AvgIpc) is 3.06. The summed E-state index contributed by atoms with van der Waals surface area (Å²) in [6, 6.07) is 3.34. The average molecular weight is 339 g/mol. The Kier molecular flexibility index (Phi) is 4.32. The SMILES string of the molecule is O=C1NC(=O)C(CCC(=O)N2Cc3ccc(OC(F)F)cc3C2)N1. The Morgan fingerprint density at radius 2 is 2.04 bits per heavy atom. The van der Waals surface area contributed by atoms with Gasteiger partial charge in [-0.15, -0.1) is 0 Å². The summed E-state index contributed by atoms with van der Waals surface area (Å²) in [5.74, 6) is -0.550. The van der Waals surface area contributed by atoms with Gasteiger partial charge < -0.3 is 15.0 Å². The number of hydrogen-bond donors (Lipinski definition) is 2. The van der Waals surface area contributed by atoms with E-state index in [4.69, 9.17) is 0 Å². The Hall–Kier alpha value is -2.71. The van der Waals surface area contributed by atoms with Gasteiger partial charge in [0.05, 0.1) is 0 Å². The van der Waals surface area contributed by atoms with Gasteiger partial charge in [0.2, 0.25) is 5.91 Å². The van der Waals surface area contributed by atoms with Crippen LogP contribution in [0.2, 0.25) is 0 Å². The Bertz CT molecular complexity index is 695. The third-order valence-electron chi connectivity index (χ3n) is 3.98. The minimum absolute atomic E-state index is 0.0587. The minimum atomic E-state index is -2.89. The summed E-state index contributed by atoms with van der Waals surface area (Å²) >= 11 is 0. The van der Waals surface area contributed by atoms with E-state index in [1.807, 2.05) is 0 Å². The van der Waals surface area contributed by atoms with Crippen molar-refractivity contribution >= 4 is 17.8 Å². The van der Waals surface area contributed by atoms with Crippen molar-refractivity contribution in [2.24, 2.45) is 0 Å². The first kappa shape index (κ1) is 16.2. The molecule has 0 bridgehead atoms.